The highest BCUT2D eigenvalue weighted by Crippen LogP contribution is 1.99. The van der Waals surface area contributed by atoms with Gasteiger partial charge in [-0.25, -0.2) is 0 Å². The zero-order valence-corrected chi connectivity index (χ0v) is 7.85. The number of halogens is 1. The minimum atomic E-state index is -0.362. The summed E-state index contributed by atoms with van der Waals surface area (Å²) >= 11 is 5.21. The molecule has 0 fully saturated rings. The topological polar surface area (TPSA) is 46.5 Å². The molecule has 0 aromatic carbocycles. The van der Waals surface area contributed by atoms with Crippen LogP contribution in [0.2, 0.25) is 0 Å². The fourth-order valence-corrected chi connectivity index (χ4v) is 0.869. The summed E-state index contributed by atoms with van der Waals surface area (Å²) < 4.78 is 4.74. The van der Waals surface area contributed by atoms with Gasteiger partial charge in [-0.15, -0.1) is 11.6 Å². The Morgan fingerprint density at radius 1 is 1.25 bits per heavy atom. The summed E-state index contributed by atoms with van der Waals surface area (Å²) in [6.45, 7) is 0.679. The van der Waals surface area contributed by atoms with E-state index in [0.29, 0.717) is 6.61 Å². The molecule has 0 rings (SSSR count). The van der Waals surface area contributed by atoms with Crippen molar-refractivity contribution in [3.05, 3.63) is 0 Å². The summed E-state index contributed by atoms with van der Waals surface area (Å²) in [6.07, 6.45) is 3.64. The molecule has 0 radical (unpaired) electrons. The highest BCUT2D eigenvalue weighted by molar-refractivity contribution is 6.26. The van der Waals surface area contributed by atoms with Crippen molar-refractivity contribution in [3.8, 4) is 0 Å². The Labute approximate surface area is 77.7 Å². The maximum Gasteiger partial charge on any atom is 0.320 e. The molecular weight excluding hydrogens is 180 g/mol. The zero-order chi connectivity index (χ0) is 9.23. The van der Waals surface area contributed by atoms with Crippen molar-refractivity contribution in [2.24, 2.45) is 0 Å². The van der Waals surface area contributed by atoms with E-state index < -0.39 is 0 Å². The van der Waals surface area contributed by atoms with Gasteiger partial charge in [0, 0.05) is 6.61 Å². The molecular formula is C8H15ClO3. The molecule has 0 aromatic rings. The summed E-state index contributed by atoms with van der Waals surface area (Å²) in [5.74, 6) is -0.435. The van der Waals surface area contributed by atoms with E-state index in [9.17, 15) is 4.79 Å². The molecule has 0 heterocycles. The third-order valence-electron chi connectivity index (χ3n) is 1.42. The van der Waals surface area contributed by atoms with E-state index in [1.807, 2.05) is 0 Å². The first-order valence-electron chi connectivity index (χ1n) is 4.13. The van der Waals surface area contributed by atoms with Gasteiger partial charge < -0.3 is 9.84 Å². The molecule has 0 atom stereocenters. The van der Waals surface area contributed by atoms with Gasteiger partial charge in [-0.05, 0) is 19.3 Å². The number of hydrogen-bond acceptors (Lipinski definition) is 3. The van der Waals surface area contributed by atoms with Gasteiger partial charge in [-0.1, -0.05) is 6.42 Å². The van der Waals surface area contributed by atoms with E-state index in [1.54, 1.807) is 0 Å². The maximum absolute atomic E-state index is 10.5. The quantitative estimate of drug-likeness (QED) is 0.378. The molecule has 3 nitrogen and oxygen atoms in total. The van der Waals surface area contributed by atoms with Crippen LogP contribution in [-0.4, -0.2) is 30.2 Å². The largest absolute Gasteiger partial charge is 0.465 e. The molecule has 0 amide bonds. The lowest BCUT2D eigenvalue weighted by Crippen LogP contribution is -2.06. The van der Waals surface area contributed by atoms with Crippen LogP contribution in [0.1, 0.15) is 25.7 Å². The second-order valence-electron chi connectivity index (χ2n) is 2.49. The van der Waals surface area contributed by atoms with Crippen molar-refractivity contribution in [2.45, 2.75) is 25.7 Å². The lowest BCUT2D eigenvalue weighted by Gasteiger charge is -2.01. The summed E-state index contributed by atoms with van der Waals surface area (Å²) in [5, 5.41) is 8.45. The highest BCUT2D eigenvalue weighted by Gasteiger charge is 1.97. The van der Waals surface area contributed by atoms with Crippen molar-refractivity contribution in [2.75, 3.05) is 19.1 Å². The molecule has 0 aliphatic heterocycles. The molecule has 0 aromatic heterocycles. The van der Waals surface area contributed by atoms with E-state index in [4.69, 9.17) is 21.4 Å². The average Bonchev–Trinajstić information content (AvgIpc) is 2.10. The van der Waals surface area contributed by atoms with E-state index >= 15 is 0 Å². The number of aliphatic hydroxyl groups is 1. The van der Waals surface area contributed by atoms with Crippen molar-refractivity contribution in [1.29, 1.82) is 0 Å². The number of rotatable bonds is 7. The fraction of sp³-hybridized carbons (Fsp3) is 0.875. The molecule has 0 unspecified atom stereocenters. The van der Waals surface area contributed by atoms with Crippen LogP contribution in [0.5, 0.6) is 0 Å². The van der Waals surface area contributed by atoms with Gasteiger partial charge in [0.15, 0.2) is 0 Å². The van der Waals surface area contributed by atoms with Gasteiger partial charge in [0.05, 0.1) is 6.61 Å². The second kappa shape index (κ2) is 8.81. The molecule has 4 heteroatoms. The third kappa shape index (κ3) is 7.82. The lowest BCUT2D eigenvalue weighted by atomic mass is 10.2. The van der Waals surface area contributed by atoms with E-state index in [-0.39, 0.29) is 18.5 Å². The summed E-state index contributed by atoms with van der Waals surface area (Å²) in [5.41, 5.74) is 0. The molecule has 0 spiro atoms. The Hall–Kier alpha value is -0.280. The number of alkyl halides is 1. The van der Waals surface area contributed by atoms with Crippen LogP contribution in [0.4, 0.5) is 0 Å². The maximum atomic E-state index is 10.5. The number of hydrogen-bond donors (Lipinski definition) is 1. The van der Waals surface area contributed by atoms with Crippen molar-refractivity contribution < 1.29 is 14.6 Å². The van der Waals surface area contributed by atoms with Gasteiger partial charge in [-0.3, -0.25) is 4.79 Å². The number of carbonyl (C=O) groups excluding carboxylic acids is 1. The molecule has 12 heavy (non-hydrogen) atoms. The summed E-state index contributed by atoms with van der Waals surface area (Å²) in [7, 11) is 0. The Kier molecular flexibility index (Phi) is 8.61. The smallest absolute Gasteiger partial charge is 0.320 e. The van der Waals surface area contributed by atoms with Crippen LogP contribution in [0.25, 0.3) is 0 Å². The van der Waals surface area contributed by atoms with Crippen LogP contribution < -0.4 is 0 Å². The molecule has 0 aliphatic rings. The molecule has 0 bridgehead atoms. The standard InChI is InChI=1S/C8H15ClO3/c9-7-8(11)12-6-4-2-1-3-5-10/h10H,1-7H2. The minimum Gasteiger partial charge on any atom is -0.465 e. The molecule has 0 saturated carbocycles. The normalized spacial score (nSPS) is 9.83. The van der Waals surface area contributed by atoms with Crippen LogP contribution >= 0.6 is 11.6 Å². The average molecular weight is 195 g/mol. The predicted molar refractivity (Wildman–Crippen MR) is 47.2 cm³/mol. The summed E-state index contributed by atoms with van der Waals surface area (Å²) in [4.78, 5) is 10.5. The van der Waals surface area contributed by atoms with Crippen molar-refractivity contribution in [1.82, 2.24) is 0 Å². The fourth-order valence-electron chi connectivity index (χ4n) is 0.792. The first kappa shape index (κ1) is 11.7. The number of ether oxygens (including phenoxy) is 1. The van der Waals surface area contributed by atoms with Crippen LogP contribution in [0.15, 0.2) is 0 Å². The highest BCUT2D eigenvalue weighted by atomic mass is 35.5. The van der Waals surface area contributed by atoms with Crippen LogP contribution in [0.3, 0.4) is 0 Å². The monoisotopic (exact) mass is 194 g/mol. The van der Waals surface area contributed by atoms with Crippen molar-refractivity contribution >= 4 is 17.6 Å². The summed E-state index contributed by atoms with van der Waals surface area (Å²) in [6, 6.07) is 0. The molecule has 1 N–H and O–H groups in total. The number of aliphatic hydroxyl groups excluding tert-OH is 1. The first-order chi connectivity index (χ1) is 5.81. The Bertz CT molecular complexity index is 117. The third-order valence-corrected chi connectivity index (χ3v) is 1.64. The zero-order valence-electron chi connectivity index (χ0n) is 7.09. The molecule has 0 saturated heterocycles. The van der Waals surface area contributed by atoms with Crippen molar-refractivity contribution in [3.63, 3.8) is 0 Å². The van der Waals surface area contributed by atoms with E-state index in [1.165, 1.54) is 0 Å². The Morgan fingerprint density at radius 3 is 2.50 bits per heavy atom. The van der Waals surface area contributed by atoms with E-state index in [0.717, 1.165) is 25.7 Å². The van der Waals surface area contributed by atoms with Crippen LogP contribution in [-0.2, 0) is 9.53 Å². The Balaban J connectivity index is 2.95. The van der Waals surface area contributed by atoms with Gasteiger partial charge in [0.25, 0.3) is 0 Å². The number of unbranched alkanes of at least 4 members (excludes halogenated alkanes) is 3. The predicted octanol–water partition coefficient (Wildman–Crippen LogP) is 1.32. The lowest BCUT2D eigenvalue weighted by molar-refractivity contribution is -0.140. The van der Waals surface area contributed by atoms with Gasteiger partial charge in [0.2, 0.25) is 0 Å². The van der Waals surface area contributed by atoms with E-state index in [2.05, 4.69) is 0 Å². The second-order valence-corrected chi connectivity index (χ2v) is 2.76. The molecule has 0 aliphatic carbocycles. The molecule has 72 valence electrons. The van der Waals surface area contributed by atoms with Crippen LogP contribution in [0, 0.1) is 0 Å². The Morgan fingerprint density at radius 2 is 1.92 bits per heavy atom. The first-order valence-corrected chi connectivity index (χ1v) is 4.67. The SMILES string of the molecule is O=C(CCl)OCCCCCCO. The van der Waals surface area contributed by atoms with Gasteiger partial charge in [0.1, 0.15) is 5.88 Å². The number of esters is 1. The van der Waals surface area contributed by atoms with Gasteiger partial charge >= 0.3 is 5.97 Å². The number of carbonyl (C=O) groups is 1. The van der Waals surface area contributed by atoms with Gasteiger partial charge in [-0.2, -0.15) is 0 Å². The minimum absolute atomic E-state index is 0.0728.